The van der Waals surface area contributed by atoms with Crippen molar-refractivity contribution in [1.82, 2.24) is 5.32 Å². The molecule has 0 bridgehead atoms. The fraction of sp³-hybridized carbons (Fsp3) is 0.333. The van der Waals surface area contributed by atoms with Gasteiger partial charge in [0, 0.05) is 0 Å². The molecule has 1 atom stereocenters. The molecular weight excluding hydrogens is 312 g/mol. The van der Waals surface area contributed by atoms with E-state index < -0.39 is 0 Å². The van der Waals surface area contributed by atoms with Crippen molar-refractivity contribution in [2.24, 2.45) is 5.92 Å². The minimum Gasteiger partial charge on any atom is -0.484 e. The minimum absolute atomic E-state index is 0.0528. The Bertz CT molecular complexity index is 728. The van der Waals surface area contributed by atoms with E-state index in [0.717, 1.165) is 12.0 Å². The first kappa shape index (κ1) is 18.5. The van der Waals surface area contributed by atoms with E-state index in [0.29, 0.717) is 11.3 Å². The van der Waals surface area contributed by atoms with Crippen LogP contribution in [0.5, 0.6) is 5.75 Å². The fourth-order valence-corrected chi connectivity index (χ4v) is 2.59. The highest BCUT2D eigenvalue weighted by Gasteiger charge is 2.18. The van der Waals surface area contributed by atoms with Crippen molar-refractivity contribution in [2.45, 2.75) is 33.2 Å². The average molecular weight is 336 g/mol. The molecule has 0 spiro atoms. The van der Waals surface area contributed by atoms with Crippen LogP contribution < -0.4 is 10.1 Å². The van der Waals surface area contributed by atoms with E-state index in [1.807, 2.05) is 6.07 Å². The van der Waals surface area contributed by atoms with Crippen molar-refractivity contribution in [3.8, 4) is 11.8 Å². The van der Waals surface area contributed by atoms with Gasteiger partial charge in [0.15, 0.2) is 6.61 Å². The zero-order valence-electron chi connectivity index (χ0n) is 15.0. The van der Waals surface area contributed by atoms with Gasteiger partial charge in [-0.3, -0.25) is 4.79 Å². The average Bonchev–Trinajstić information content (AvgIpc) is 2.64. The number of hydrogen-bond donors (Lipinski definition) is 1. The lowest BCUT2D eigenvalue weighted by atomic mass is 9.95. The predicted octanol–water partition coefficient (Wildman–Crippen LogP) is 4.01. The Kier molecular flexibility index (Phi) is 6.59. The maximum atomic E-state index is 12.3. The molecule has 0 heterocycles. The van der Waals surface area contributed by atoms with Crippen LogP contribution in [0, 0.1) is 17.2 Å². The first-order valence-corrected chi connectivity index (χ1v) is 8.54. The number of amides is 1. The smallest absolute Gasteiger partial charge is 0.258 e. The number of nitriles is 1. The van der Waals surface area contributed by atoms with Gasteiger partial charge in [0.2, 0.25) is 0 Å². The van der Waals surface area contributed by atoms with Crippen LogP contribution in [0.3, 0.4) is 0 Å². The number of ether oxygens (including phenoxy) is 1. The molecular formula is C21H24N2O2. The minimum atomic E-state index is -0.164. The molecule has 0 aliphatic heterocycles. The molecule has 0 aromatic heterocycles. The topological polar surface area (TPSA) is 62.1 Å². The van der Waals surface area contributed by atoms with Gasteiger partial charge in [-0.1, -0.05) is 45.0 Å². The van der Waals surface area contributed by atoms with E-state index in [4.69, 9.17) is 10.00 Å². The van der Waals surface area contributed by atoms with Crippen molar-refractivity contribution in [3.63, 3.8) is 0 Å². The molecule has 130 valence electrons. The number of rotatable bonds is 7. The zero-order chi connectivity index (χ0) is 18.2. The number of carbonyl (C=O) groups excluding carboxylic acids is 1. The molecule has 0 aliphatic rings. The Labute approximate surface area is 149 Å². The van der Waals surface area contributed by atoms with Crippen LogP contribution in [0.1, 0.15) is 43.5 Å². The molecule has 4 heteroatoms. The molecule has 2 aromatic rings. The summed E-state index contributed by atoms with van der Waals surface area (Å²) in [7, 11) is 0. The van der Waals surface area contributed by atoms with Crippen molar-refractivity contribution < 1.29 is 9.53 Å². The van der Waals surface area contributed by atoms with Crippen molar-refractivity contribution in [1.29, 1.82) is 5.26 Å². The zero-order valence-corrected chi connectivity index (χ0v) is 15.0. The Hall–Kier alpha value is -2.80. The summed E-state index contributed by atoms with van der Waals surface area (Å²) in [5.74, 6) is 0.677. The molecule has 1 N–H and O–H groups in total. The normalized spacial score (nSPS) is 11.6. The van der Waals surface area contributed by atoms with Gasteiger partial charge in [-0.15, -0.1) is 0 Å². The molecule has 2 aromatic carbocycles. The second-order valence-electron chi connectivity index (χ2n) is 6.31. The Morgan fingerprint density at radius 1 is 1.12 bits per heavy atom. The Balaban J connectivity index is 1.96. The number of nitrogens with one attached hydrogen (secondary N) is 1. The summed E-state index contributed by atoms with van der Waals surface area (Å²) in [6.07, 6.45) is 0.997. The van der Waals surface area contributed by atoms with Gasteiger partial charge in [0.05, 0.1) is 17.7 Å². The molecule has 0 aliphatic carbocycles. The summed E-state index contributed by atoms with van der Waals surface area (Å²) < 4.78 is 5.50. The summed E-state index contributed by atoms with van der Waals surface area (Å²) in [6.45, 7) is 6.24. The van der Waals surface area contributed by atoms with Gasteiger partial charge < -0.3 is 10.1 Å². The first-order valence-electron chi connectivity index (χ1n) is 8.54. The van der Waals surface area contributed by atoms with Gasteiger partial charge in [-0.2, -0.15) is 5.26 Å². The SMILES string of the molecule is CCc1ccc([C@H](NC(=O)COc2ccc(C#N)cc2)C(C)C)cc1. The summed E-state index contributed by atoms with van der Waals surface area (Å²) in [5.41, 5.74) is 2.94. The van der Waals surface area contributed by atoms with Gasteiger partial charge in [0.1, 0.15) is 5.75 Å². The number of nitrogens with zero attached hydrogens (tertiary/aromatic N) is 1. The lowest BCUT2D eigenvalue weighted by Crippen LogP contribution is -2.35. The highest BCUT2D eigenvalue weighted by Crippen LogP contribution is 2.22. The van der Waals surface area contributed by atoms with E-state index in [-0.39, 0.29) is 24.5 Å². The Morgan fingerprint density at radius 3 is 2.28 bits per heavy atom. The highest BCUT2D eigenvalue weighted by molar-refractivity contribution is 5.78. The Morgan fingerprint density at radius 2 is 1.76 bits per heavy atom. The number of benzene rings is 2. The van der Waals surface area contributed by atoms with E-state index in [1.54, 1.807) is 24.3 Å². The fourth-order valence-electron chi connectivity index (χ4n) is 2.59. The second-order valence-corrected chi connectivity index (χ2v) is 6.31. The largest absolute Gasteiger partial charge is 0.484 e. The van der Waals surface area contributed by atoms with Crippen LogP contribution in [0.25, 0.3) is 0 Å². The van der Waals surface area contributed by atoms with Crippen LogP contribution in [-0.4, -0.2) is 12.5 Å². The molecule has 0 fully saturated rings. The summed E-state index contributed by atoms with van der Waals surface area (Å²) in [5, 5.41) is 11.8. The van der Waals surface area contributed by atoms with Crippen molar-refractivity contribution in [3.05, 3.63) is 65.2 Å². The maximum Gasteiger partial charge on any atom is 0.258 e. The van der Waals surface area contributed by atoms with Gasteiger partial charge >= 0.3 is 0 Å². The number of hydrogen-bond acceptors (Lipinski definition) is 3. The highest BCUT2D eigenvalue weighted by atomic mass is 16.5. The third-order valence-corrected chi connectivity index (χ3v) is 4.08. The first-order chi connectivity index (χ1) is 12.0. The van der Waals surface area contributed by atoms with Crippen LogP contribution in [0.15, 0.2) is 48.5 Å². The second kappa shape index (κ2) is 8.89. The van der Waals surface area contributed by atoms with E-state index in [9.17, 15) is 4.79 Å². The lowest BCUT2D eigenvalue weighted by molar-refractivity contribution is -0.124. The summed E-state index contributed by atoms with van der Waals surface area (Å²) in [6, 6.07) is 17.1. The third-order valence-electron chi connectivity index (χ3n) is 4.08. The van der Waals surface area contributed by atoms with Gasteiger partial charge in [0.25, 0.3) is 5.91 Å². The quantitative estimate of drug-likeness (QED) is 0.831. The molecule has 25 heavy (non-hydrogen) atoms. The molecule has 0 saturated carbocycles. The van der Waals surface area contributed by atoms with E-state index in [1.165, 1.54) is 5.56 Å². The molecule has 2 rings (SSSR count). The number of aryl methyl sites for hydroxylation is 1. The van der Waals surface area contributed by atoms with Crippen LogP contribution >= 0.6 is 0 Å². The maximum absolute atomic E-state index is 12.3. The van der Waals surface area contributed by atoms with Crippen LogP contribution in [-0.2, 0) is 11.2 Å². The molecule has 0 unspecified atom stereocenters. The van der Waals surface area contributed by atoms with Crippen LogP contribution in [0.4, 0.5) is 0 Å². The monoisotopic (exact) mass is 336 g/mol. The summed E-state index contributed by atoms with van der Waals surface area (Å²) >= 11 is 0. The third kappa shape index (κ3) is 5.36. The predicted molar refractivity (Wildman–Crippen MR) is 98.2 cm³/mol. The van der Waals surface area contributed by atoms with Gasteiger partial charge in [-0.05, 0) is 47.7 Å². The molecule has 4 nitrogen and oxygen atoms in total. The molecule has 1 amide bonds. The van der Waals surface area contributed by atoms with Crippen molar-refractivity contribution >= 4 is 5.91 Å². The van der Waals surface area contributed by atoms with E-state index >= 15 is 0 Å². The molecule has 0 radical (unpaired) electrons. The summed E-state index contributed by atoms with van der Waals surface area (Å²) in [4.78, 5) is 12.3. The van der Waals surface area contributed by atoms with E-state index in [2.05, 4.69) is 50.4 Å². The standard InChI is InChI=1S/C21H24N2O2/c1-4-16-5-9-18(10-6-16)21(15(2)3)23-20(24)14-25-19-11-7-17(13-22)8-12-19/h5-12,15,21H,4,14H2,1-3H3,(H,23,24)/t21-/m1/s1. The molecule has 0 saturated heterocycles. The number of carbonyl (C=O) groups is 1. The van der Waals surface area contributed by atoms with Gasteiger partial charge in [-0.25, -0.2) is 0 Å². The lowest BCUT2D eigenvalue weighted by Gasteiger charge is -2.23. The van der Waals surface area contributed by atoms with Crippen molar-refractivity contribution in [2.75, 3.05) is 6.61 Å². The van der Waals surface area contributed by atoms with Crippen LogP contribution in [0.2, 0.25) is 0 Å².